The summed E-state index contributed by atoms with van der Waals surface area (Å²) in [5.41, 5.74) is 0. The number of rotatable bonds is 0. The largest absolute Gasteiger partial charge is 0.373 e. The zero-order valence-electron chi connectivity index (χ0n) is 4.84. The van der Waals surface area contributed by atoms with Crippen LogP contribution in [0.4, 0.5) is 0 Å². The predicted octanol–water partition coefficient (Wildman–Crippen LogP) is 2.05. The van der Waals surface area contributed by atoms with Crippen LogP contribution < -0.4 is 0 Å². The lowest BCUT2D eigenvalue weighted by Crippen LogP contribution is -2.14. The van der Waals surface area contributed by atoms with E-state index >= 15 is 0 Å². The summed E-state index contributed by atoms with van der Waals surface area (Å²) in [5, 5.41) is 10.6. The Labute approximate surface area is 72.7 Å². The first-order chi connectivity index (χ1) is 4.63. The zero-order valence-corrected chi connectivity index (χ0v) is 7.17. The Kier molecular flexibility index (Phi) is 1.37. The number of hydrogen-bond acceptors (Lipinski definition) is 2. The van der Waals surface area contributed by atoms with Gasteiger partial charge in [0, 0.05) is 5.03 Å². The Bertz CT molecular complexity index is 248. The number of fused-ring (bicyclic) bond motifs is 1. The molecule has 1 heterocycles. The van der Waals surface area contributed by atoms with Gasteiger partial charge in [0.05, 0.1) is 10.3 Å². The molecule has 0 amide bonds. The van der Waals surface area contributed by atoms with E-state index in [1.165, 1.54) is 11.8 Å². The molecule has 1 nitrogen and oxygen atoms in total. The lowest BCUT2D eigenvalue weighted by Gasteiger charge is -2.08. The van der Waals surface area contributed by atoms with Crippen molar-refractivity contribution in [3.8, 4) is 0 Å². The van der Waals surface area contributed by atoms with Crippen LogP contribution in [0.1, 0.15) is 0 Å². The minimum atomic E-state index is -0.833. The molecule has 0 aromatic carbocycles. The normalized spacial score (nSPS) is 43.7. The van der Waals surface area contributed by atoms with Gasteiger partial charge in [0.1, 0.15) is 0 Å². The van der Waals surface area contributed by atoms with Crippen molar-refractivity contribution in [2.75, 3.05) is 0 Å². The fraction of sp³-hybridized carbons (Fsp3) is 0.333. The van der Waals surface area contributed by atoms with Gasteiger partial charge in [-0.05, 0) is 12.2 Å². The topological polar surface area (TPSA) is 20.2 Å². The lowest BCUT2D eigenvalue weighted by atomic mass is 10.1. The van der Waals surface area contributed by atoms with E-state index in [2.05, 4.69) is 0 Å². The summed E-state index contributed by atoms with van der Waals surface area (Å²) < 4.78 is 0. The van der Waals surface area contributed by atoms with Gasteiger partial charge in [0.2, 0.25) is 0 Å². The molecule has 0 aromatic rings. The third-order valence-corrected chi connectivity index (χ3v) is 3.61. The highest BCUT2D eigenvalue weighted by molar-refractivity contribution is 8.09. The van der Waals surface area contributed by atoms with E-state index in [-0.39, 0.29) is 5.25 Å². The third kappa shape index (κ3) is 0.832. The monoisotopic (exact) mass is 194 g/mol. The summed E-state index contributed by atoms with van der Waals surface area (Å²) in [7, 11) is 0. The highest BCUT2D eigenvalue weighted by atomic mass is 35.5. The molecule has 1 saturated heterocycles. The van der Waals surface area contributed by atoms with Crippen LogP contribution in [0, 0.1) is 0 Å². The molecule has 10 heavy (non-hydrogen) atoms. The fourth-order valence-corrected chi connectivity index (χ4v) is 2.62. The molecule has 0 bridgehead atoms. The molecule has 1 aliphatic carbocycles. The van der Waals surface area contributed by atoms with E-state index in [9.17, 15) is 5.11 Å². The summed E-state index contributed by atoms with van der Waals surface area (Å²) in [5.74, 6) is 0. The number of halogens is 2. The third-order valence-electron chi connectivity index (χ3n) is 1.55. The Morgan fingerprint density at radius 1 is 1.60 bits per heavy atom. The molecule has 2 rings (SSSR count). The van der Waals surface area contributed by atoms with Crippen molar-refractivity contribution in [3.05, 3.63) is 22.2 Å². The van der Waals surface area contributed by atoms with Crippen LogP contribution in [-0.2, 0) is 0 Å². The van der Waals surface area contributed by atoms with Crippen molar-refractivity contribution in [3.63, 3.8) is 0 Å². The van der Waals surface area contributed by atoms with Crippen LogP contribution in [0.5, 0.6) is 0 Å². The summed E-state index contributed by atoms with van der Waals surface area (Å²) in [4.78, 5) is -0.833. The van der Waals surface area contributed by atoms with Crippen LogP contribution in [0.25, 0.3) is 0 Å². The maximum Gasteiger partial charge on any atom is 0.162 e. The number of aliphatic hydroxyl groups is 1. The minimum Gasteiger partial charge on any atom is -0.373 e. The summed E-state index contributed by atoms with van der Waals surface area (Å²) in [6.45, 7) is 0. The number of thioether (sulfide) groups is 1. The smallest absolute Gasteiger partial charge is 0.162 e. The van der Waals surface area contributed by atoms with E-state index in [1.54, 1.807) is 12.2 Å². The molecule has 2 unspecified atom stereocenters. The van der Waals surface area contributed by atoms with Crippen molar-refractivity contribution in [1.29, 1.82) is 0 Å². The SMILES string of the molecule is OC12SC1C=C(Cl)C=C2Cl. The van der Waals surface area contributed by atoms with E-state index in [4.69, 9.17) is 23.2 Å². The summed E-state index contributed by atoms with van der Waals surface area (Å²) in [6.07, 6.45) is 3.39. The zero-order chi connectivity index (χ0) is 7.35. The Hall–Kier alpha value is 0.370. The van der Waals surface area contributed by atoms with E-state index < -0.39 is 4.93 Å². The van der Waals surface area contributed by atoms with Crippen LogP contribution in [0.15, 0.2) is 22.2 Å². The first-order valence-electron chi connectivity index (χ1n) is 2.78. The van der Waals surface area contributed by atoms with Gasteiger partial charge in [0.25, 0.3) is 0 Å². The van der Waals surface area contributed by atoms with Gasteiger partial charge >= 0.3 is 0 Å². The highest BCUT2D eigenvalue weighted by Gasteiger charge is 2.57. The second kappa shape index (κ2) is 1.95. The molecule has 0 radical (unpaired) electrons. The van der Waals surface area contributed by atoms with Crippen molar-refractivity contribution < 1.29 is 5.11 Å². The second-order valence-electron chi connectivity index (χ2n) is 2.28. The first-order valence-corrected chi connectivity index (χ1v) is 4.42. The molecular formula is C6H4Cl2OS. The quantitative estimate of drug-likeness (QED) is 0.597. The predicted molar refractivity (Wildman–Crippen MR) is 44.2 cm³/mol. The maximum atomic E-state index is 9.49. The van der Waals surface area contributed by atoms with Crippen molar-refractivity contribution in [2.45, 2.75) is 10.2 Å². The Morgan fingerprint density at radius 2 is 2.30 bits per heavy atom. The van der Waals surface area contributed by atoms with Gasteiger partial charge in [0.15, 0.2) is 4.93 Å². The second-order valence-corrected chi connectivity index (χ2v) is 4.49. The van der Waals surface area contributed by atoms with Gasteiger partial charge in [-0.2, -0.15) is 0 Å². The molecule has 2 aliphatic rings. The van der Waals surface area contributed by atoms with Crippen LogP contribution in [-0.4, -0.2) is 15.3 Å². The molecule has 1 N–H and O–H groups in total. The molecular weight excluding hydrogens is 191 g/mol. The minimum absolute atomic E-state index is 0.0810. The molecule has 0 saturated carbocycles. The number of hydrogen-bond donors (Lipinski definition) is 1. The molecule has 4 heteroatoms. The van der Waals surface area contributed by atoms with Gasteiger partial charge in [-0.25, -0.2) is 0 Å². The van der Waals surface area contributed by atoms with E-state index in [0.717, 1.165) is 0 Å². The van der Waals surface area contributed by atoms with Crippen molar-refractivity contribution in [2.24, 2.45) is 0 Å². The maximum absolute atomic E-state index is 9.49. The van der Waals surface area contributed by atoms with E-state index in [1.807, 2.05) is 0 Å². The van der Waals surface area contributed by atoms with Gasteiger partial charge in [-0.15, -0.1) is 11.8 Å². The van der Waals surface area contributed by atoms with Gasteiger partial charge < -0.3 is 5.11 Å². The average Bonchev–Trinajstić information content (AvgIpc) is 2.42. The van der Waals surface area contributed by atoms with Crippen LogP contribution >= 0.6 is 35.0 Å². The molecule has 1 aliphatic heterocycles. The Morgan fingerprint density at radius 3 is 2.90 bits per heavy atom. The van der Waals surface area contributed by atoms with Gasteiger partial charge in [-0.3, -0.25) is 0 Å². The van der Waals surface area contributed by atoms with Crippen LogP contribution in [0.2, 0.25) is 0 Å². The fourth-order valence-electron chi connectivity index (χ4n) is 0.916. The number of allylic oxidation sites excluding steroid dienone is 2. The summed E-state index contributed by atoms with van der Waals surface area (Å²) in [6, 6.07) is 0. The van der Waals surface area contributed by atoms with Crippen molar-refractivity contribution >= 4 is 35.0 Å². The standard InChI is InChI=1S/C6H4Cl2OS/c7-3-1-4(8)6(9)5(2-3)10-6/h1-2,5,9H. The molecule has 2 atom stereocenters. The molecule has 0 aromatic heterocycles. The first kappa shape index (κ1) is 7.04. The summed E-state index contributed by atoms with van der Waals surface area (Å²) >= 11 is 12.8. The van der Waals surface area contributed by atoms with E-state index in [0.29, 0.717) is 10.1 Å². The Balaban J connectivity index is 2.38. The van der Waals surface area contributed by atoms with Crippen LogP contribution in [0.3, 0.4) is 0 Å². The highest BCUT2D eigenvalue weighted by Crippen LogP contribution is 2.60. The van der Waals surface area contributed by atoms with Crippen molar-refractivity contribution in [1.82, 2.24) is 0 Å². The molecule has 0 spiro atoms. The molecule has 1 fully saturated rings. The van der Waals surface area contributed by atoms with Gasteiger partial charge in [-0.1, -0.05) is 23.2 Å². The lowest BCUT2D eigenvalue weighted by molar-refractivity contribution is 0.223. The molecule has 54 valence electrons. The average molecular weight is 195 g/mol.